The van der Waals surface area contributed by atoms with Gasteiger partial charge in [-0.3, -0.25) is 9.80 Å². The van der Waals surface area contributed by atoms with Crippen molar-refractivity contribution in [2.24, 2.45) is 5.10 Å². The fourth-order valence-electron chi connectivity index (χ4n) is 2.61. The number of hydrazone groups is 1. The number of hydrogen-bond donors (Lipinski definition) is 2. The minimum atomic E-state index is -1.03. The molecule has 0 radical (unpaired) electrons. The zero-order valence-corrected chi connectivity index (χ0v) is 13.7. The van der Waals surface area contributed by atoms with E-state index in [2.05, 4.69) is 20.5 Å². The molecule has 2 aromatic rings. The van der Waals surface area contributed by atoms with E-state index in [0.717, 1.165) is 0 Å². The molecule has 0 bridgehead atoms. The molecule has 1 aromatic heterocycles. The number of aromatic nitrogens is 3. The van der Waals surface area contributed by atoms with Crippen LogP contribution in [0.15, 0.2) is 41.8 Å². The molecule has 1 aromatic carbocycles. The second kappa shape index (κ2) is 7.12. The molecule has 0 saturated carbocycles. The molecular weight excluding hydrogens is 324 g/mol. The quantitative estimate of drug-likeness (QED) is 0.796. The first-order chi connectivity index (χ1) is 12.1. The van der Waals surface area contributed by atoms with Crippen LogP contribution in [0.2, 0.25) is 0 Å². The van der Waals surface area contributed by atoms with Crippen LogP contribution in [0.5, 0.6) is 0 Å². The molecular formula is C16H18N6O3. The number of para-hydroxylation sites is 1. The minimum Gasteiger partial charge on any atom is -0.480 e. The van der Waals surface area contributed by atoms with Gasteiger partial charge in [0.25, 0.3) is 5.91 Å². The van der Waals surface area contributed by atoms with Crippen molar-refractivity contribution in [2.45, 2.75) is 32.5 Å². The van der Waals surface area contributed by atoms with E-state index in [0.29, 0.717) is 18.1 Å². The molecule has 1 unspecified atom stereocenters. The number of nitrogens with zero attached hydrogens (tertiary/aromatic N) is 5. The van der Waals surface area contributed by atoms with Crippen LogP contribution in [0.3, 0.4) is 0 Å². The van der Waals surface area contributed by atoms with Gasteiger partial charge >= 0.3 is 5.97 Å². The third-order valence-corrected chi connectivity index (χ3v) is 3.88. The molecule has 1 aliphatic rings. The van der Waals surface area contributed by atoms with Gasteiger partial charge in [0.2, 0.25) is 0 Å². The van der Waals surface area contributed by atoms with E-state index in [1.807, 2.05) is 13.0 Å². The molecule has 1 amide bonds. The lowest BCUT2D eigenvalue weighted by Gasteiger charge is -2.19. The zero-order chi connectivity index (χ0) is 17.8. The fraction of sp³-hybridized carbons (Fsp3) is 0.312. The maximum Gasteiger partial charge on any atom is 0.328 e. The molecule has 1 atom stereocenters. The number of benzene rings is 1. The third kappa shape index (κ3) is 3.49. The Morgan fingerprint density at radius 3 is 2.76 bits per heavy atom. The fourth-order valence-corrected chi connectivity index (χ4v) is 2.61. The van der Waals surface area contributed by atoms with E-state index in [-0.39, 0.29) is 18.7 Å². The van der Waals surface area contributed by atoms with Gasteiger partial charge in [0.15, 0.2) is 6.04 Å². The molecule has 3 rings (SSSR count). The minimum absolute atomic E-state index is 0.0382. The van der Waals surface area contributed by atoms with Crippen molar-refractivity contribution in [3.8, 4) is 0 Å². The standard InChI is InChI=1S/C16H18N6O3/c1-2-21-14(18-10-19-21)9-17-15(23)12-8-13(16(24)25)22(20-12)11-6-4-3-5-7-11/h3-7,10,13H,2,8-9H2,1H3,(H,17,23)(H,24,25). The van der Waals surface area contributed by atoms with Crippen LogP contribution < -0.4 is 10.3 Å². The highest BCUT2D eigenvalue weighted by atomic mass is 16.4. The lowest BCUT2D eigenvalue weighted by Crippen LogP contribution is -2.35. The smallest absolute Gasteiger partial charge is 0.328 e. The SMILES string of the molecule is CCn1ncnc1CNC(=O)C1=NN(c2ccccc2)C(C(=O)O)C1. The largest absolute Gasteiger partial charge is 0.480 e. The summed E-state index contributed by atoms with van der Waals surface area (Å²) in [4.78, 5) is 28.0. The van der Waals surface area contributed by atoms with Crippen molar-refractivity contribution in [3.63, 3.8) is 0 Å². The highest BCUT2D eigenvalue weighted by Gasteiger charge is 2.36. The first-order valence-corrected chi connectivity index (χ1v) is 7.89. The average Bonchev–Trinajstić information content (AvgIpc) is 3.27. The summed E-state index contributed by atoms with van der Waals surface area (Å²) in [6, 6.07) is 8.02. The van der Waals surface area contributed by atoms with Crippen molar-refractivity contribution in [2.75, 3.05) is 5.01 Å². The van der Waals surface area contributed by atoms with Gasteiger partial charge in [-0.05, 0) is 19.1 Å². The Balaban J connectivity index is 1.73. The van der Waals surface area contributed by atoms with Crippen LogP contribution in [-0.2, 0) is 22.7 Å². The van der Waals surface area contributed by atoms with Crippen molar-refractivity contribution in [1.29, 1.82) is 0 Å². The predicted molar refractivity (Wildman–Crippen MR) is 89.9 cm³/mol. The molecule has 1 aliphatic heterocycles. The van der Waals surface area contributed by atoms with Gasteiger partial charge in [0.05, 0.1) is 12.2 Å². The van der Waals surface area contributed by atoms with Crippen LogP contribution in [-0.4, -0.2) is 43.5 Å². The van der Waals surface area contributed by atoms with E-state index in [1.54, 1.807) is 28.9 Å². The van der Waals surface area contributed by atoms with Crippen molar-refractivity contribution >= 4 is 23.3 Å². The number of carboxylic acids is 1. The van der Waals surface area contributed by atoms with Crippen molar-refractivity contribution in [3.05, 3.63) is 42.5 Å². The maximum atomic E-state index is 12.4. The monoisotopic (exact) mass is 342 g/mol. The number of aryl methyl sites for hydroxylation is 1. The van der Waals surface area contributed by atoms with Crippen LogP contribution in [0, 0.1) is 0 Å². The van der Waals surface area contributed by atoms with E-state index in [9.17, 15) is 14.7 Å². The summed E-state index contributed by atoms with van der Waals surface area (Å²) in [7, 11) is 0. The Bertz CT molecular complexity index is 801. The predicted octanol–water partition coefficient (Wildman–Crippen LogP) is 0.634. The first kappa shape index (κ1) is 16.6. The number of anilines is 1. The van der Waals surface area contributed by atoms with Crippen LogP contribution in [0.25, 0.3) is 0 Å². The van der Waals surface area contributed by atoms with E-state index < -0.39 is 17.9 Å². The van der Waals surface area contributed by atoms with Crippen molar-refractivity contribution < 1.29 is 14.7 Å². The average molecular weight is 342 g/mol. The molecule has 0 fully saturated rings. The number of amides is 1. The Morgan fingerprint density at radius 1 is 1.32 bits per heavy atom. The van der Waals surface area contributed by atoms with Crippen LogP contribution >= 0.6 is 0 Å². The Labute approximate surface area is 144 Å². The van der Waals surface area contributed by atoms with Crippen LogP contribution in [0.1, 0.15) is 19.2 Å². The van der Waals surface area contributed by atoms with E-state index in [4.69, 9.17) is 0 Å². The second-order valence-electron chi connectivity index (χ2n) is 5.46. The number of rotatable bonds is 6. The summed E-state index contributed by atoms with van der Waals surface area (Å²) in [6.07, 6.45) is 1.46. The molecule has 0 aliphatic carbocycles. The zero-order valence-electron chi connectivity index (χ0n) is 13.7. The van der Waals surface area contributed by atoms with E-state index >= 15 is 0 Å². The lowest BCUT2D eigenvalue weighted by molar-refractivity contribution is -0.138. The Morgan fingerprint density at radius 2 is 2.08 bits per heavy atom. The summed E-state index contributed by atoms with van der Waals surface area (Å²) in [5, 5.41) is 21.8. The van der Waals surface area contributed by atoms with Gasteiger partial charge in [-0.2, -0.15) is 10.2 Å². The van der Waals surface area contributed by atoms with Gasteiger partial charge < -0.3 is 10.4 Å². The van der Waals surface area contributed by atoms with Gasteiger partial charge in [-0.15, -0.1) is 0 Å². The summed E-state index contributed by atoms with van der Waals surface area (Å²) < 4.78 is 1.67. The number of nitrogens with one attached hydrogen (secondary N) is 1. The van der Waals surface area contributed by atoms with Crippen LogP contribution in [0.4, 0.5) is 5.69 Å². The first-order valence-electron chi connectivity index (χ1n) is 7.89. The highest BCUT2D eigenvalue weighted by Crippen LogP contribution is 2.24. The molecule has 2 heterocycles. The molecule has 9 heteroatoms. The van der Waals surface area contributed by atoms with E-state index in [1.165, 1.54) is 11.3 Å². The molecule has 0 spiro atoms. The molecule has 9 nitrogen and oxygen atoms in total. The number of aliphatic carboxylic acids is 1. The summed E-state index contributed by atoms with van der Waals surface area (Å²) in [5.41, 5.74) is 0.808. The normalized spacial score (nSPS) is 16.6. The number of carbonyl (C=O) groups excluding carboxylic acids is 1. The van der Waals surface area contributed by atoms with Gasteiger partial charge in [0.1, 0.15) is 17.9 Å². The molecule has 0 saturated heterocycles. The van der Waals surface area contributed by atoms with Gasteiger partial charge in [-0.1, -0.05) is 18.2 Å². The molecule has 130 valence electrons. The number of hydrogen-bond acceptors (Lipinski definition) is 6. The summed E-state index contributed by atoms with van der Waals surface area (Å²) in [5.74, 6) is -0.805. The van der Waals surface area contributed by atoms with Crippen molar-refractivity contribution in [1.82, 2.24) is 20.1 Å². The molecule has 2 N–H and O–H groups in total. The number of carbonyl (C=O) groups is 2. The summed E-state index contributed by atoms with van der Waals surface area (Å²) in [6.45, 7) is 2.78. The maximum absolute atomic E-state index is 12.4. The second-order valence-corrected chi connectivity index (χ2v) is 5.46. The Kier molecular flexibility index (Phi) is 4.73. The number of carboxylic acid groups (broad SMARTS) is 1. The Hall–Kier alpha value is -3.23. The third-order valence-electron chi connectivity index (χ3n) is 3.88. The highest BCUT2D eigenvalue weighted by molar-refractivity contribution is 6.40. The molecule has 25 heavy (non-hydrogen) atoms. The summed E-state index contributed by atoms with van der Waals surface area (Å²) >= 11 is 0. The topological polar surface area (TPSA) is 113 Å². The lowest BCUT2D eigenvalue weighted by atomic mass is 10.1. The van der Waals surface area contributed by atoms with Gasteiger partial charge in [0, 0.05) is 13.0 Å². The van der Waals surface area contributed by atoms with Gasteiger partial charge in [-0.25, -0.2) is 14.5 Å².